The van der Waals surface area contributed by atoms with E-state index < -0.39 is 29.8 Å². The van der Waals surface area contributed by atoms with E-state index in [0.717, 1.165) is 41.2 Å². The summed E-state index contributed by atoms with van der Waals surface area (Å²) in [6.45, 7) is 2.57. The predicted molar refractivity (Wildman–Crippen MR) is 179 cm³/mol. The number of alkyl halides is 3. The van der Waals surface area contributed by atoms with Crippen LogP contribution in [0.1, 0.15) is 67.1 Å². The first-order valence-electron chi connectivity index (χ1n) is 15.7. The van der Waals surface area contributed by atoms with Crippen LogP contribution in [-0.4, -0.2) is 71.1 Å². The van der Waals surface area contributed by atoms with E-state index in [1.807, 2.05) is 42.6 Å². The number of aromatic nitrogens is 2. The number of nitrogens with one attached hydrogen (secondary N) is 2. The van der Waals surface area contributed by atoms with E-state index in [2.05, 4.69) is 20.6 Å². The highest BCUT2D eigenvalue weighted by atomic mass is 32.1. The molecule has 2 aromatic carbocycles. The Kier molecular flexibility index (Phi) is 11.1. The minimum Gasteiger partial charge on any atom is -0.390 e. The summed E-state index contributed by atoms with van der Waals surface area (Å²) >= 11 is 1.52. The highest BCUT2D eigenvalue weighted by Crippen LogP contribution is 2.35. The fourth-order valence-electron chi connectivity index (χ4n) is 5.69. The number of nitrogens with zero attached hydrogens (tertiary/aromatic N) is 4. The smallest absolute Gasteiger partial charge is 0.390 e. The van der Waals surface area contributed by atoms with E-state index in [4.69, 9.17) is 0 Å². The van der Waals surface area contributed by atoms with Gasteiger partial charge >= 0.3 is 6.18 Å². The van der Waals surface area contributed by atoms with Crippen molar-refractivity contribution in [3.63, 3.8) is 0 Å². The largest absolute Gasteiger partial charge is 0.416 e. The van der Waals surface area contributed by atoms with Gasteiger partial charge in [0.1, 0.15) is 16.5 Å². The first-order chi connectivity index (χ1) is 22.9. The van der Waals surface area contributed by atoms with E-state index in [1.165, 1.54) is 23.5 Å². The molecular weight excluding hydrogens is 641 g/mol. The van der Waals surface area contributed by atoms with E-state index in [0.29, 0.717) is 24.3 Å². The Morgan fingerprint density at radius 2 is 1.81 bits per heavy atom. The van der Waals surface area contributed by atoms with Crippen molar-refractivity contribution in [1.29, 1.82) is 0 Å². The molecule has 3 N–H and O–H groups in total. The topological polar surface area (TPSA) is 111 Å². The van der Waals surface area contributed by atoms with E-state index in [-0.39, 0.29) is 36.3 Å². The first-order valence-corrected chi connectivity index (χ1v) is 16.6. The number of aliphatic hydroxyl groups is 1. The van der Waals surface area contributed by atoms with Crippen molar-refractivity contribution in [2.75, 3.05) is 32.1 Å². The summed E-state index contributed by atoms with van der Waals surface area (Å²) in [4.78, 5) is 40.3. The molecule has 0 aliphatic carbocycles. The van der Waals surface area contributed by atoms with Gasteiger partial charge in [-0.15, -0.1) is 11.3 Å². The monoisotopic (exact) mass is 680 g/mol. The lowest BCUT2D eigenvalue weighted by atomic mass is 10.00. The van der Waals surface area contributed by atoms with Gasteiger partial charge in [0.15, 0.2) is 0 Å². The maximum Gasteiger partial charge on any atom is 0.416 e. The molecule has 9 nitrogen and oxygen atoms in total. The number of carbonyl (C=O) groups is 2. The zero-order chi connectivity index (χ0) is 34.4. The van der Waals surface area contributed by atoms with Gasteiger partial charge in [0.25, 0.3) is 11.8 Å². The van der Waals surface area contributed by atoms with Crippen LogP contribution in [0.25, 0.3) is 0 Å². The lowest BCUT2D eigenvalue weighted by Crippen LogP contribution is -2.48. The molecule has 0 radical (unpaired) electrons. The second-order valence-corrected chi connectivity index (χ2v) is 13.0. The number of carbonyl (C=O) groups excluding carboxylic acids is 2. The van der Waals surface area contributed by atoms with Crippen LogP contribution in [-0.2, 0) is 19.1 Å². The normalized spacial score (nSPS) is 16.1. The standard InChI is InChI=1S/C35H39F3N6O3S/c1-22-21-48-33(40-22)29-13-8-14-44(29)34(47)28-17-25(18-31(41-28)43(2)3)32(46)42-27(16-23-9-5-4-6-10-23)30(45)20-39-19-24-11-7-12-26(15-24)35(36,37)38/h4-7,9-12,15,17-18,21,27,29-30,39,45H,8,13-14,16,19-20H2,1-3H3,(H,42,46)/t27-,29+,30-/m0/s1. The average molecular weight is 681 g/mol. The third-order valence-electron chi connectivity index (χ3n) is 8.20. The molecule has 48 heavy (non-hydrogen) atoms. The van der Waals surface area contributed by atoms with Gasteiger partial charge in [-0.3, -0.25) is 9.59 Å². The van der Waals surface area contributed by atoms with Crippen molar-refractivity contribution in [2.45, 2.75) is 57.1 Å². The molecule has 1 aliphatic rings. The van der Waals surface area contributed by atoms with Crippen molar-refractivity contribution >= 4 is 29.0 Å². The number of pyridine rings is 1. The van der Waals surface area contributed by atoms with Gasteiger partial charge in [0.2, 0.25) is 0 Å². The molecular formula is C35H39F3N6O3S. The summed E-state index contributed by atoms with van der Waals surface area (Å²) in [5, 5.41) is 20.0. The lowest BCUT2D eigenvalue weighted by molar-refractivity contribution is -0.137. The number of hydrogen-bond acceptors (Lipinski definition) is 8. The van der Waals surface area contributed by atoms with Crippen LogP contribution in [0.15, 0.2) is 72.1 Å². The number of thiazole rings is 1. The number of anilines is 1. The summed E-state index contributed by atoms with van der Waals surface area (Å²) in [5.41, 5.74) is 1.78. The van der Waals surface area contributed by atoms with Gasteiger partial charge in [0.05, 0.1) is 23.8 Å². The molecule has 5 rings (SSSR count). The highest BCUT2D eigenvalue weighted by Gasteiger charge is 2.34. The number of halogens is 3. The SMILES string of the molecule is Cc1csc([C@H]2CCCN2C(=O)c2cc(C(=O)N[C@@H](Cc3ccccc3)[C@@H](O)CNCc3cccc(C(F)(F)F)c3)cc(N(C)C)n2)n1. The number of rotatable bonds is 12. The maximum absolute atomic E-state index is 13.8. The van der Waals surface area contributed by atoms with Crippen LogP contribution in [0, 0.1) is 6.92 Å². The van der Waals surface area contributed by atoms with Crippen molar-refractivity contribution in [3.8, 4) is 0 Å². The van der Waals surface area contributed by atoms with Crippen LogP contribution in [0.2, 0.25) is 0 Å². The van der Waals surface area contributed by atoms with Gasteiger partial charge < -0.3 is 25.5 Å². The van der Waals surface area contributed by atoms with E-state index in [9.17, 15) is 27.9 Å². The molecule has 2 aromatic heterocycles. The number of amides is 2. The molecule has 3 heterocycles. The number of aryl methyl sites for hydroxylation is 1. The van der Waals surface area contributed by atoms with Crippen molar-refractivity contribution < 1.29 is 27.9 Å². The Hall–Kier alpha value is -4.33. The van der Waals surface area contributed by atoms with Crippen LogP contribution >= 0.6 is 11.3 Å². The minimum absolute atomic E-state index is 0.00360. The molecule has 0 spiro atoms. The molecule has 0 bridgehead atoms. The van der Waals surface area contributed by atoms with Gasteiger partial charge in [-0.2, -0.15) is 13.2 Å². The van der Waals surface area contributed by atoms with Crippen LogP contribution < -0.4 is 15.5 Å². The van der Waals surface area contributed by atoms with Crippen LogP contribution in [0.4, 0.5) is 19.0 Å². The first kappa shape index (κ1) is 35.0. The third-order valence-corrected chi connectivity index (χ3v) is 9.27. The average Bonchev–Trinajstić information content (AvgIpc) is 3.73. The molecule has 4 aromatic rings. The second-order valence-electron chi connectivity index (χ2n) is 12.1. The number of hydrogen-bond donors (Lipinski definition) is 3. The van der Waals surface area contributed by atoms with Crippen molar-refractivity contribution in [1.82, 2.24) is 25.5 Å². The zero-order valence-electron chi connectivity index (χ0n) is 27.0. The molecule has 0 saturated carbocycles. The van der Waals surface area contributed by atoms with Gasteiger partial charge in [0, 0.05) is 50.4 Å². The molecule has 1 aliphatic heterocycles. The molecule has 254 valence electrons. The summed E-state index contributed by atoms with van der Waals surface area (Å²) in [7, 11) is 3.54. The number of aliphatic hydroxyl groups excluding tert-OH is 1. The summed E-state index contributed by atoms with van der Waals surface area (Å²) in [6, 6.07) is 16.5. The molecule has 1 saturated heterocycles. The number of benzene rings is 2. The maximum atomic E-state index is 13.8. The second kappa shape index (κ2) is 15.3. The summed E-state index contributed by atoms with van der Waals surface area (Å²) in [6.07, 6.45) is -3.64. The Balaban J connectivity index is 1.34. The van der Waals surface area contributed by atoms with Gasteiger partial charge in [-0.1, -0.05) is 48.5 Å². The highest BCUT2D eigenvalue weighted by molar-refractivity contribution is 7.09. The zero-order valence-corrected chi connectivity index (χ0v) is 27.8. The Morgan fingerprint density at radius 1 is 1.06 bits per heavy atom. The molecule has 2 amide bonds. The van der Waals surface area contributed by atoms with Crippen molar-refractivity contribution in [3.05, 3.63) is 111 Å². The van der Waals surface area contributed by atoms with Gasteiger partial charge in [-0.25, -0.2) is 9.97 Å². The fraction of sp³-hybridized carbons (Fsp3) is 0.371. The molecule has 13 heteroatoms. The Labute approximate surface area is 281 Å². The summed E-state index contributed by atoms with van der Waals surface area (Å²) in [5.74, 6) is -0.363. The number of likely N-dealkylation sites (tertiary alicyclic amines) is 1. The van der Waals surface area contributed by atoms with Gasteiger partial charge in [-0.05, 0) is 55.5 Å². The fourth-order valence-corrected chi connectivity index (χ4v) is 6.63. The van der Waals surface area contributed by atoms with Crippen LogP contribution in [0.5, 0.6) is 0 Å². The van der Waals surface area contributed by atoms with Crippen molar-refractivity contribution in [2.24, 2.45) is 0 Å². The Bertz CT molecular complexity index is 1720. The summed E-state index contributed by atoms with van der Waals surface area (Å²) < 4.78 is 39.5. The Morgan fingerprint density at radius 3 is 2.50 bits per heavy atom. The van der Waals surface area contributed by atoms with Crippen LogP contribution in [0.3, 0.4) is 0 Å². The minimum atomic E-state index is -4.46. The third kappa shape index (κ3) is 8.77. The molecule has 0 unspecified atom stereocenters. The van der Waals surface area contributed by atoms with E-state index >= 15 is 0 Å². The predicted octanol–water partition coefficient (Wildman–Crippen LogP) is 5.40. The quantitative estimate of drug-likeness (QED) is 0.184. The molecule has 3 atom stereocenters. The lowest BCUT2D eigenvalue weighted by Gasteiger charge is -2.26. The van der Waals surface area contributed by atoms with E-state index in [1.54, 1.807) is 36.0 Å². The molecule has 1 fully saturated rings.